The standard InChI is InChI=1S/C16H19N3O/c1-7-8(2)15-17-11(5)9(3)13-10(4)12(6)18-16(14(7)20)19(13)15/h20H,1-6H3. The van der Waals surface area contributed by atoms with Crippen molar-refractivity contribution >= 4 is 11.5 Å². The average Bonchev–Trinajstić information content (AvgIpc) is 2.41. The summed E-state index contributed by atoms with van der Waals surface area (Å²) in [5.74, 6) is 1.72. The summed E-state index contributed by atoms with van der Waals surface area (Å²) >= 11 is 0. The highest BCUT2D eigenvalue weighted by molar-refractivity contribution is 6.09. The number of amidine groups is 1. The van der Waals surface area contributed by atoms with Crippen LogP contribution in [0.5, 0.6) is 0 Å². The molecule has 4 heteroatoms. The van der Waals surface area contributed by atoms with Crippen molar-refractivity contribution in [1.29, 1.82) is 0 Å². The summed E-state index contributed by atoms with van der Waals surface area (Å²) < 4.78 is 0. The van der Waals surface area contributed by atoms with Crippen molar-refractivity contribution in [1.82, 2.24) is 4.90 Å². The molecule has 0 saturated carbocycles. The monoisotopic (exact) mass is 269 g/mol. The topological polar surface area (TPSA) is 48.2 Å². The Morgan fingerprint density at radius 3 is 2.10 bits per heavy atom. The van der Waals surface area contributed by atoms with Gasteiger partial charge in [-0.3, -0.25) is 4.90 Å². The second kappa shape index (κ2) is 3.95. The smallest absolute Gasteiger partial charge is 0.182 e. The quantitative estimate of drug-likeness (QED) is 0.726. The zero-order valence-electron chi connectivity index (χ0n) is 12.8. The van der Waals surface area contributed by atoms with Gasteiger partial charge in [-0.25, -0.2) is 9.98 Å². The van der Waals surface area contributed by atoms with Crippen LogP contribution < -0.4 is 0 Å². The molecule has 0 radical (unpaired) electrons. The van der Waals surface area contributed by atoms with Crippen molar-refractivity contribution in [2.75, 3.05) is 0 Å². The zero-order chi connectivity index (χ0) is 14.8. The number of allylic oxidation sites excluding steroid dienone is 4. The summed E-state index contributed by atoms with van der Waals surface area (Å²) in [6.45, 7) is 12.1. The lowest BCUT2D eigenvalue weighted by atomic mass is 9.94. The predicted octanol–water partition coefficient (Wildman–Crippen LogP) is 3.82. The number of aliphatic imine (C=N–C) groups is 2. The fourth-order valence-electron chi connectivity index (χ4n) is 2.78. The highest BCUT2D eigenvalue weighted by atomic mass is 16.3. The van der Waals surface area contributed by atoms with Gasteiger partial charge >= 0.3 is 0 Å². The van der Waals surface area contributed by atoms with Crippen LogP contribution in [0.3, 0.4) is 0 Å². The maximum absolute atomic E-state index is 10.4. The van der Waals surface area contributed by atoms with E-state index in [0.717, 1.165) is 45.2 Å². The third-order valence-electron chi connectivity index (χ3n) is 4.46. The van der Waals surface area contributed by atoms with Gasteiger partial charge in [-0.2, -0.15) is 0 Å². The van der Waals surface area contributed by atoms with Crippen LogP contribution >= 0.6 is 0 Å². The van der Waals surface area contributed by atoms with Gasteiger partial charge in [0.15, 0.2) is 11.6 Å². The number of rotatable bonds is 0. The number of aliphatic hydroxyl groups excluding tert-OH is 1. The Labute approximate surface area is 119 Å². The molecule has 0 unspecified atom stereocenters. The van der Waals surface area contributed by atoms with Gasteiger partial charge in [-0.05, 0) is 58.3 Å². The number of hydrogen-bond acceptors (Lipinski definition) is 4. The molecular weight excluding hydrogens is 250 g/mol. The van der Waals surface area contributed by atoms with Crippen LogP contribution in [0.15, 0.2) is 55.3 Å². The summed E-state index contributed by atoms with van der Waals surface area (Å²) in [5, 5.41) is 10.4. The summed E-state index contributed by atoms with van der Waals surface area (Å²) in [4.78, 5) is 11.3. The van der Waals surface area contributed by atoms with Gasteiger partial charge in [-0.15, -0.1) is 0 Å². The summed E-state index contributed by atoms with van der Waals surface area (Å²) in [7, 11) is 0. The SMILES string of the molecule is CC1=NC2=C(O)C(C)=C(C)C3=NC(C)=C(C)C(=C1C)N32. The van der Waals surface area contributed by atoms with E-state index in [2.05, 4.69) is 18.8 Å². The molecule has 0 bridgehead atoms. The van der Waals surface area contributed by atoms with Gasteiger partial charge in [0.1, 0.15) is 5.84 Å². The van der Waals surface area contributed by atoms with Crippen LogP contribution in [0.4, 0.5) is 0 Å². The molecule has 0 aromatic rings. The van der Waals surface area contributed by atoms with Gasteiger partial charge in [0.25, 0.3) is 0 Å². The highest BCUT2D eigenvalue weighted by Crippen LogP contribution is 2.41. The molecule has 0 spiro atoms. The molecule has 0 aromatic carbocycles. The van der Waals surface area contributed by atoms with Gasteiger partial charge in [-0.1, -0.05) is 0 Å². The lowest BCUT2D eigenvalue weighted by Gasteiger charge is -2.40. The molecule has 1 N–H and O–H groups in total. The fraction of sp³-hybridized carbons (Fsp3) is 0.375. The van der Waals surface area contributed by atoms with Gasteiger partial charge in [0, 0.05) is 17.0 Å². The first-order valence-electron chi connectivity index (χ1n) is 6.79. The first-order chi connectivity index (χ1) is 9.34. The zero-order valence-corrected chi connectivity index (χ0v) is 12.8. The van der Waals surface area contributed by atoms with Crippen LogP contribution in [-0.2, 0) is 0 Å². The first kappa shape index (κ1) is 12.9. The number of nitrogens with zero attached hydrogens (tertiary/aromatic N) is 3. The summed E-state index contributed by atoms with van der Waals surface area (Å²) in [6.07, 6.45) is 0. The molecule has 0 atom stereocenters. The molecule has 3 heterocycles. The Kier molecular flexibility index (Phi) is 2.55. The van der Waals surface area contributed by atoms with Crippen LogP contribution in [0.1, 0.15) is 41.5 Å². The Morgan fingerprint density at radius 2 is 1.45 bits per heavy atom. The lowest BCUT2D eigenvalue weighted by molar-refractivity contribution is 0.388. The van der Waals surface area contributed by atoms with Crippen molar-refractivity contribution < 1.29 is 5.11 Å². The van der Waals surface area contributed by atoms with Crippen LogP contribution in [-0.4, -0.2) is 21.6 Å². The largest absolute Gasteiger partial charge is 0.504 e. The molecule has 0 saturated heterocycles. The third-order valence-corrected chi connectivity index (χ3v) is 4.46. The van der Waals surface area contributed by atoms with Crippen LogP contribution in [0.2, 0.25) is 0 Å². The molecule has 0 fully saturated rings. The minimum absolute atomic E-state index is 0.248. The third kappa shape index (κ3) is 1.42. The summed E-state index contributed by atoms with van der Waals surface area (Å²) in [6, 6.07) is 0. The van der Waals surface area contributed by atoms with Crippen molar-refractivity contribution in [3.63, 3.8) is 0 Å². The maximum Gasteiger partial charge on any atom is 0.182 e. The molecular formula is C16H19N3O. The lowest BCUT2D eigenvalue weighted by Crippen LogP contribution is -2.40. The van der Waals surface area contributed by atoms with E-state index in [4.69, 9.17) is 4.99 Å². The van der Waals surface area contributed by atoms with Crippen LogP contribution in [0.25, 0.3) is 0 Å². The van der Waals surface area contributed by atoms with E-state index in [1.54, 1.807) is 0 Å². The molecule has 20 heavy (non-hydrogen) atoms. The van der Waals surface area contributed by atoms with Crippen molar-refractivity contribution in [3.05, 3.63) is 45.3 Å². The van der Waals surface area contributed by atoms with E-state index in [-0.39, 0.29) is 5.76 Å². The van der Waals surface area contributed by atoms with E-state index in [1.807, 2.05) is 32.6 Å². The molecule has 104 valence electrons. The predicted molar refractivity (Wildman–Crippen MR) is 81.5 cm³/mol. The second-order valence-corrected chi connectivity index (χ2v) is 5.57. The van der Waals surface area contributed by atoms with E-state index in [0.29, 0.717) is 5.82 Å². The molecule has 3 rings (SSSR count). The fourth-order valence-corrected chi connectivity index (χ4v) is 2.78. The number of hydrogen-bond donors (Lipinski definition) is 1. The van der Waals surface area contributed by atoms with E-state index >= 15 is 0 Å². The van der Waals surface area contributed by atoms with Crippen molar-refractivity contribution in [2.45, 2.75) is 41.5 Å². The second-order valence-electron chi connectivity index (χ2n) is 5.57. The Bertz CT molecular complexity index is 727. The van der Waals surface area contributed by atoms with Crippen molar-refractivity contribution in [3.8, 4) is 0 Å². The number of aliphatic hydroxyl groups is 1. The minimum Gasteiger partial charge on any atom is -0.504 e. The Morgan fingerprint density at radius 1 is 0.800 bits per heavy atom. The average molecular weight is 269 g/mol. The maximum atomic E-state index is 10.4. The van der Waals surface area contributed by atoms with Gasteiger partial charge in [0.05, 0.1) is 5.70 Å². The Hall–Kier alpha value is -2.10. The summed E-state index contributed by atoms with van der Waals surface area (Å²) in [5.41, 5.74) is 7.19. The Balaban J connectivity index is 2.42. The van der Waals surface area contributed by atoms with Gasteiger partial charge in [0.2, 0.25) is 0 Å². The van der Waals surface area contributed by atoms with Crippen molar-refractivity contribution in [2.24, 2.45) is 9.98 Å². The first-order valence-corrected chi connectivity index (χ1v) is 6.79. The van der Waals surface area contributed by atoms with Crippen LogP contribution in [0, 0.1) is 0 Å². The molecule has 0 aromatic heterocycles. The normalized spacial score (nSPS) is 22.4. The van der Waals surface area contributed by atoms with Gasteiger partial charge < -0.3 is 5.11 Å². The molecule has 3 aliphatic rings. The minimum atomic E-state index is 0.248. The van der Waals surface area contributed by atoms with E-state index in [9.17, 15) is 5.11 Å². The van der Waals surface area contributed by atoms with E-state index in [1.165, 1.54) is 0 Å². The highest BCUT2D eigenvalue weighted by Gasteiger charge is 2.37. The molecule has 0 aliphatic carbocycles. The molecule has 4 nitrogen and oxygen atoms in total. The molecule has 0 amide bonds. The van der Waals surface area contributed by atoms with E-state index < -0.39 is 0 Å². The molecule has 3 aliphatic heterocycles.